The molecule has 3 rings (SSSR count). The molecule has 1 heterocycles. The molecule has 3 aromatic rings. The Morgan fingerprint density at radius 3 is 2.12 bits per heavy atom. The van der Waals surface area contributed by atoms with Crippen LogP contribution >= 0.6 is 11.3 Å². The highest BCUT2D eigenvalue weighted by molar-refractivity contribution is 7.09. The summed E-state index contributed by atoms with van der Waals surface area (Å²) in [5.41, 5.74) is 4.73. The zero-order valence-corrected chi connectivity index (χ0v) is 27.5. The lowest BCUT2D eigenvalue weighted by Gasteiger charge is -2.16. The highest BCUT2D eigenvalue weighted by atomic mass is 79.9. The van der Waals surface area contributed by atoms with Crippen molar-refractivity contribution < 1.29 is 35.9 Å². The SMILES string of the molecule is CCCCCCCCCCCCCCOc1c(NC(=O)c2cccc(C[n+]3csc(C)c3)c2)cccc1C(C)=O.[Br-]. The number of ether oxygens (including phenoxy) is 1. The standard InChI is InChI=1S/C34H46N2O3S.BrH/c1-4-5-6-7-8-9-10-11-12-13-14-15-22-39-33-31(28(3)37)20-17-21-32(33)35-34(38)30-19-16-18-29(23-30)25-36-24-27(2)40-26-36;/h16-21,23-24,26H,4-15,22,25H2,1-3H3;1H. The molecule has 0 atom stereocenters. The Bertz CT molecular complexity index is 1210. The molecule has 0 spiro atoms. The Morgan fingerprint density at radius 1 is 0.878 bits per heavy atom. The van der Waals surface area contributed by atoms with E-state index < -0.39 is 0 Å². The minimum Gasteiger partial charge on any atom is -1.00 e. The second kappa shape index (κ2) is 19.6. The fourth-order valence-electron chi connectivity index (χ4n) is 4.93. The van der Waals surface area contributed by atoms with Crippen molar-refractivity contribution in [2.45, 2.75) is 104 Å². The lowest BCUT2D eigenvalue weighted by Crippen LogP contribution is -3.00. The predicted octanol–water partition coefficient (Wildman–Crippen LogP) is 5.93. The first kappa shape index (κ1) is 34.7. The number of halogens is 1. The molecule has 0 saturated heterocycles. The molecule has 1 amide bonds. The van der Waals surface area contributed by atoms with Crippen LogP contribution in [0, 0.1) is 6.92 Å². The van der Waals surface area contributed by atoms with E-state index in [1.54, 1.807) is 29.5 Å². The number of thiazole rings is 1. The first-order valence-corrected chi connectivity index (χ1v) is 16.0. The Balaban J connectivity index is 0.00000588. The van der Waals surface area contributed by atoms with Crippen molar-refractivity contribution >= 4 is 28.7 Å². The summed E-state index contributed by atoms with van der Waals surface area (Å²) in [4.78, 5) is 26.8. The molecule has 0 aliphatic carbocycles. The van der Waals surface area contributed by atoms with Crippen LogP contribution in [-0.2, 0) is 6.54 Å². The van der Waals surface area contributed by atoms with Crippen LogP contribution < -0.4 is 31.6 Å². The maximum Gasteiger partial charge on any atom is 0.255 e. The molecule has 1 N–H and O–H groups in total. The van der Waals surface area contributed by atoms with Gasteiger partial charge in [0, 0.05) is 11.1 Å². The number of aryl methyl sites for hydroxylation is 1. The molecule has 41 heavy (non-hydrogen) atoms. The maximum atomic E-state index is 13.2. The number of ketones is 1. The number of para-hydroxylation sites is 1. The van der Waals surface area contributed by atoms with E-state index in [9.17, 15) is 9.59 Å². The van der Waals surface area contributed by atoms with E-state index in [0.29, 0.717) is 35.7 Å². The van der Waals surface area contributed by atoms with Gasteiger partial charge in [-0.3, -0.25) is 9.59 Å². The van der Waals surface area contributed by atoms with Crippen LogP contribution in [0.5, 0.6) is 5.75 Å². The van der Waals surface area contributed by atoms with Gasteiger partial charge in [0.05, 0.1) is 22.7 Å². The van der Waals surface area contributed by atoms with E-state index in [1.165, 1.54) is 76.0 Å². The van der Waals surface area contributed by atoms with Crippen molar-refractivity contribution in [3.63, 3.8) is 0 Å². The Hall–Kier alpha value is -2.51. The fourth-order valence-corrected chi connectivity index (χ4v) is 5.56. The molecule has 5 nitrogen and oxygen atoms in total. The predicted molar refractivity (Wildman–Crippen MR) is 166 cm³/mol. The normalized spacial score (nSPS) is 10.7. The molecule has 0 unspecified atom stereocenters. The smallest absolute Gasteiger partial charge is 0.255 e. The van der Waals surface area contributed by atoms with Crippen molar-refractivity contribution in [3.05, 3.63) is 75.7 Å². The summed E-state index contributed by atoms with van der Waals surface area (Å²) >= 11 is 1.70. The minimum absolute atomic E-state index is 0. The quantitative estimate of drug-likeness (QED) is 0.100. The third-order valence-corrected chi connectivity index (χ3v) is 8.02. The van der Waals surface area contributed by atoms with Gasteiger partial charge in [-0.05, 0) is 44.5 Å². The van der Waals surface area contributed by atoms with E-state index in [1.807, 2.05) is 24.3 Å². The van der Waals surface area contributed by atoms with Crippen LogP contribution in [0.1, 0.15) is 122 Å². The first-order valence-electron chi connectivity index (χ1n) is 15.1. The van der Waals surface area contributed by atoms with E-state index in [4.69, 9.17) is 4.74 Å². The molecule has 0 fully saturated rings. The highest BCUT2D eigenvalue weighted by Crippen LogP contribution is 2.30. The summed E-state index contributed by atoms with van der Waals surface area (Å²) in [7, 11) is 0. The zero-order valence-electron chi connectivity index (χ0n) is 25.1. The van der Waals surface area contributed by atoms with E-state index in [-0.39, 0.29) is 28.7 Å². The molecule has 2 aromatic carbocycles. The summed E-state index contributed by atoms with van der Waals surface area (Å²) in [5.74, 6) is 0.169. The van der Waals surface area contributed by atoms with Crippen LogP contribution in [-0.4, -0.2) is 18.3 Å². The van der Waals surface area contributed by atoms with Crippen molar-refractivity contribution in [3.8, 4) is 5.75 Å². The number of hydrogen-bond donors (Lipinski definition) is 1. The largest absolute Gasteiger partial charge is 1.00 e. The Morgan fingerprint density at radius 2 is 1.51 bits per heavy atom. The average Bonchev–Trinajstić information content (AvgIpc) is 3.36. The van der Waals surface area contributed by atoms with Gasteiger partial charge in [0.1, 0.15) is 0 Å². The van der Waals surface area contributed by atoms with Gasteiger partial charge in [-0.1, -0.05) is 107 Å². The van der Waals surface area contributed by atoms with Crippen LogP contribution in [0.15, 0.2) is 54.2 Å². The Labute approximate surface area is 261 Å². The zero-order chi connectivity index (χ0) is 28.6. The molecule has 0 aliphatic rings. The van der Waals surface area contributed by atoms with Gasteiger partial charge in [0.25, 0.3) is 5.91 Å². The highest BCUT2D eigenvalue weighted by Gasteiger charge is 2.17. The number of nitrogens with one attached hydrogen (secondary N) is 1. The minimum atomic E-state index is -0.218. The topological polar surface area (TPSA) is 59.3 Å². The molecule has 0 aliphatic heterocycles. The monoisotopic (exact) mass is 642 g/mol. The number of anilines is 1. The second-order valence-electron chi connectivity index (χ2n) is 10.8. The average molecular weight is 644 g/mol. The number of aromatic nitrogens is 1. The maximum absolute atomic E-state index is 13.2. The van der Waals surface area contributed by atoms with Crippen LogP contribution in [0.25, 0.3) is 0 Å². The lowest BCUT2D eigenvalue weighted by molar-refractivity contribution is -0.683. The number of carbonyl (C=O) groups is 2. The van der Waals surface area contributed by atoms with Gasteiger partial charge in [0.2, 0.25) is 5.51 Å². The van der Waals surface area contributed by atoms with Crippen LogP contribution in [0.3, 0.4) is 0 Å². The lowest BCUT2D eigenvalue weighted by atomic mass is 10.1. The molecule has 0 saturated carbocycles. The molecule has 224 valence electrons. The summed E-state index contributed by atoms with van der Waals surface area (Å²) < 4.78 is 8.25. The summed E-state index contributed by atoms with van der Waals surface area (Å²) in [6, 6.07) is 13.0. The van der Waals surface area contributed by atoms with Crippen molar-refractivity contribution in [1.29, 1.82) is 0 Å². The van der Waals surface area contributed by atoms with Crippen LogP contribution in [0.4, 0.5) is 5.69 Å². The molecular weight excluding hydrogens is 596 g/mol. The number of unbranched alkanes of at least 4 members (excludes halogenated alkanes) is 11. The fraction of sp³-hybridized carbons (Fsp3) is 0.500. The third-order valence-electron chi connectivity index (χ3n) is 7.16. The van der Waals surface area contributed by atoms with Gasteiger partial charge >= 0.3 is 0 Å². The Kier molecular flexibility index (Phi) is 16.6. The first-order chi connectivity index (χ1) is 19.5. The summed E-state index contributed by atoms with van der Waals surface area (Å²) in [5, 5.41) is 2.99. The third kappa shape index (κ3) is 12.5. The van der Waals surface area contributed by atoms with Crippen molar-refractivity contribution in [2.24, 2.45) is 0 Å². The summed E-state index contributed by atoms with van der Waals surface area (Å²) in [6.45, 7) is 7.11. The van der Waals surface area contributed by atoms with E-state index >= 15 is 0 Å². The van der Waals surface area contributed by atoms with Crippen LogP contribution in [0.2, 0.25) is 0 Å². The number of amides is 1. The van der Waals surface area contributed by atoms with Crippen molar-refractivity contribution in [2.75, 3.05) is 11.9 Å². The second-order valence-corrected chi connectivity index (χ2v) is 11.9. The van der Waals surface area contributed by atoms with Gasteiger partial charge in [-0.25, -0.2) is 0 Å². The molecular formula is C34H47BrN2O3S. The number of rotatable bonds is 19. The van der Waals surface area contributed by atoms with E-state index in [2.05, 4.69) is 35.4 Å². The number of hydrogen-bond acceptors (Lipinski definition) is 4. The van der Waals surface area contributed by atoms with Gasteiger partial charge in [-0.2, -0.15) is 4.57 Å². The van der Waals surface area contributed by atoms with Gasteiger partial charge in [-0.15, -0.1) is 0 Å². The number of benzene rings is 2. The summed E-state index contributed by atoms with van der Waals surface area (Å²) in [6.07, 6.45) is 17.5. The van der Waals surface area contributed by atoms with E-state index in [0.717, 1.165) is 18.4 Å². The molecule has 0 bridgehead atoms. The molecule has 0 radical (unpaired) electrons. The number of Topliss-reactive ketones (excluding diaryl/α,β-unsaturated/α-hetero) is 1. The molecule has 7 heteroatoms. The molecule has 1 aromatic heterocycles. The number of carbonyl (C=O) groups excluding carboxylic acids is 2. The van der Waals surface area contributed by atoms with Gasteiger partial charge in [0.15, 0.2) is 24.3 Å². The number of nitrogens with zero attached hydrogens (tertiary/aromatic N) is 1. The van der Waals surface area contributed by atoms with Gasteiger partial charge < -0.3 is 27.0 Å². The van der Waals surface area contributed by atoms with Crippen molar-refractivity contribution in [1.82, 2.24) is 0 Å².